The summed E-state index contributed by atoms with van der Waals surface area (Å²) in [5, 5.41) is 5.68. The number of anilines is 1. The minimum Gasteiger partial charge on any atom is -0.384 e. The molecule has 2 amide bonds. The Hall–Kier alpha value is -3.00. The number of carbonyl (C=O) groups excluding carboxylic acids is 2. The summed E-state index contributed by atoms with van der Waals surface area (Å²) in [5.41, 5.74) is 7.13. The smallest absolute Gasteiger partial charge is 0.243 e. The first kappa shape index (κ1) is 23.3. The molecule has 0 bridgehead atoms. The van der Waals surface area contributed by atoms with E-state index in [4.69, 9.17) is 5.73 Å². The Bertz CT molecular complexity index is 822. The third-order valence-corrected chi connectivity index (χ3v) is 5.04. The molecule has 4 N–H and O–H groups in total. The van der Waals surface area contributed by atoms with Crippen LogP contribution >= 0.6 is 0 Å². The zero-order chi connectivity index (χ0) is 22.1. The van der Waals surface area contributed by atoms with E-state index in [1.54, 1.807) is 30.5 Å². The Kier molecular flexibility index (Phi) is 8.73. The van der Waals surface area contributed by atoms with E-state index in [1.807, 2.05) is 25.7 Å². The van der Waals surface area contributed by atoms with Crippen molar-refractivity contribution < 1.29 is 14.0 Å². The van der Waals surface area contributed by atoms with Crippen molar-refractivity contribution in [3.8, 4) is 0 Å². The monoisotopic (exact) mass is 415 g/mol. The predicted octanol–water partition coefficient (Wildman–Crippen LogP) is 1.88. The molecule has 2 atom stereocenters. The fraction of sp³-hybridized carbons (Fsp3) is 0.409. The Labute approximate surface area is 176 Å². The molecule has 162 valence electrons. The van der Waals surface area contributed by atoms with Gasteiger partial charge >= 0.3 is 0 Å². The van der Waals surface area contributed by atoms with Crippen LogP contribution in [0, 0.1) is 5.82 Å². The SMILES string of the molecule is CCN(CC)C(C)C(=O)N[C@@H](Cc1ccc(F)cc1)C(=O)NCc1ccc(N)nc1. The van der Waals surface area contributed by atoms with Crippen molar-refractivity contribution in [3.63, 3.8) is 0 Å². The second-order valence-corrected chi connectivity index (χ2v) is 7.10. The van der Waals surface area contributed by atoms with Gasteiger partial charge < -0.3 is 16.4 Å². The number of amides is 2. The van der Waals surface area contributed by atoms with Gasteiger partial charge in [-0.05, 0) is 49.3 Å². The summed E-state index contributed by atoms with van der Waals surface area (Å²) < 4.78 is 13.2. The maximum absolute atomic E-state index is 13.2. The van der Waals surface area contributed by atoms with Crippen LogP contribution in [-0.4, -0.2) is 46.9 Å². The molecule has 1 aromatic carbocycles. The number of nitrogens with one attached hydrogen (secondary N) is 2. The number of nitrogens with two attached hydrogens (primary N) is 1. The number of aromatic nitrogens is 1. The number of nitrogens with zero attached hydrogens (tertiary/aromatic N) is 2. The highest BCUT2D eigenvalue weighted by atomic mass is 19.1. The number of pyridine rings is 1. The fourth-order valence-corrected chi connectivity index (χ4v) is 3.15. The highest BCUT2D eigenvalue weighted by Crippen LogP contribution is 2.08. The van der Waals surface area contributed by atoms with E-state index in [-0.39, 0.29) is 36.6 Å². The lowest BCUT2D eigenvalue weighted by molar-refractivity contribution is -0.131. The molecule has 0 fully saturated rings. The fourth-order valence-electron chi connectivity index (χ4n) is 3.15. The molecular formula is C22H30FN5O2. The minimum atomic E-state index is -0.789. The summed E-state index contributed by atoms with van der Waals surface area (Å²) in [5.74, 6) is -0.502. The predicted molar refractivity (Wildman–Crippen MR) is 115 cm³/mol. The van der Waals surface area contributed by atoms with Crippen LogP contribution in [0.2, 0.25) is 0 Å². The van der Waals surface area contributed by atoms with Crippen molar-refractivity contribution in [1.29, 1.82) is 0 Å². The van der Waals surface area contributed by atoms with Crippen molar-refractivity contribution in [3.05, 3.63) is 59.5 Å². The number of halogens is 1. The van der Waals surface area contributed by atoms with E-state index in [2.05, 4.69) is 15.6 Å². The van der Waals surface area contributed by atoms with Gasteiger partial charge in [0, 0.05) is 19.2 Å². The van der Waals surface area contributed by atoms with Crippen molar-refractivity contribution in [2.24, 2.45) is 0 Å². The van der Waals surface area contributed by atoms with Crippen LogP contribution in [0.15, 0.2) is 42.6 Å². The molecule has 1 heterocycles. The van der Waals surface area contributed by atoms with Crippen molar-refractivity contribution in [2.45, 2.75) is 45.8 Å². The summed E-state index contributed by atoms with van der Waals surface area (Å²) in [4.78, 5) is 31.6. The van der Waals surface area contributed by atoms with E-state index < -0.39 is 6.04 Å². The molecule has 7 nitrogen and oxygen atoms in total. The van der Waals surface area contributed by atoms with Crippen molar-refractivity contribution in [1.82, 2.24) is 20.5 Å². The lowest BCUT2D eigenvalue weighted by Crippen LogP contribution is -2.53. The highest BCUT2D eigenvalue weighted by Gasteiger charge is 2.26. The van der Waals surface area contributed by atoms with Crippen LogP contribution in [0.1, 0.15) is 31.9 Å². The minimum absolute atomic E-state index is 0.227. The van der Waals surface area contributed by atoms with E-state index in [9.17, 15) is 14.0 Å². The first-order chi connectivity index (χ1) is 14.3. The van der Waals surface area contributed by atoms with E-state index >= 15 is 0 Å². The highest BCUT2D eigenvalue weighted by molar-refractivity contribution is 5.89. The average Bonchev–Trinajstić information content (AvgIpc) is 2.74. The molecule has 0 saturated carbocycles. The van der Waals surface area contributed by atoms with Crippen LogP contribution < -0.4 is 16.4 Å². The maximum atomic E-state index is 13.2. The summed E-state index contributed by atoms with van der Waals surface area (Å²) >= 11 is 0. The molecule has 0 saturated heterocycles. The Balaban J connectivity index is 2.10. The number of hydrogen-bond acceptors (Lipinski definition) is 5. The van der Waals surface area contributed by atoms with Crippen molar-refractivity contribution >= 4 is 17.6 Å². The molecule has 0 spiro atoms. The van der Waals surface area contributed by atoms with Gasteiger partial charge in [-0.2, -0.15) is 0 Å². The third kappa shape index (κ3) is 6.81. The Morgan fingerprint density at radius 2 is 1.70 bits per heavy atom. The summed E-state index contributed by atoms with van der Waals surface area (Å²) in [6.07, 6.45) is 1.84. The van der Waals surface area contributed by atoms with Crippen molar-refractivity contribution in [2.75, 3.05) is 18.8 Å². The normalized spacial score (nSPS) is 13.0. The zero-order valence-electron chi connectivity index (χ0n) is 17.7. The van der Waals surface area contributed by atoms with Gasteiger partial charge in [-0.15, -0.1) is 0 Å². The summed E-state index contributed by atoms with van der Waals surface area (Å²) in [6.45, 7) is 7.49. The largest absolute Gasteiger partial charge is 0.384 e. The number of likely N-dealkylation sites (N-methyl/N-ethyl adjacent to an activating group) is 1. The van der Waals surface area contributed by atoms with Gasteiger partial charge in [0.05, 0.1) is 6.04 Å². The molecule has 1 unspecified atom stereocenters. The number of rotatable bonds is 10. The topological polar surface area (TPSA) is 100 Å². The number of hydrogen-bond donors (Lipinski definition) is 3. The maximum Gasteiger partial charge on any atom is 0.243 e. The van der Waals surface area contributed by atoms with Crippen LogP contribution in [0.5, 0.6) is 0 Å². The average molecular weight is 416 g/mol. The Morgan fingerprint density at radius 1 is 1.07 bits per heavy atom. The van der Waals surface area contributed by atoms with Gasteiger partial charge in [-0.3, -0.25) is 14.5 Å². The first-order valence-corrected chi connectivity index (χ1v) is 10.1. The van der Waals surface area contributed by atoms with Crippen LogP contribution in [0.4, 0.5) is 10.2 Å². The molecule has 0 aliphatic carbocycles. The summed E-state index contributed by atoms with van der Waals surface area (Å²) in [7, 11) is 0. The number of nitrogen functional groups attached to an aromatic ring is 1. The second kappa shape index (κ2) is 11.3. The molecule has 8 heteroatoms. The van der Waals surface area contributed by atoms with Crippen LogP contribution in [0.25, 0.3) is 0 Å². The van der Waals surface area contributed by atoms with E-state index in [1.165, 1.54) is 12.1 Å². The first-order valence-electron chi connectivity index (χ1n) is 10.1. The van der Waals surface area contributed by atoms with Gasteiger partial charge in [0.25, 0.3) is 0 Å². The molecule has 0 aliphatic heterocycles. The molecule has 1 aromatic heterocycles. The van der Waals surface area contributed by atoms with Gasteiger partial charge in [0.2, 0.25) is 11.8 Å². The van der Waals surface area contributed by atoms with Crippen LogP contribution in [0.3, 0.4) is 0 Å². The molecule has 0 radical (unpaired) electrons. The summed E-state index contributed by atoms with van der Waals surface area (Å²) in [6, 6.07) is 8.17. The third-order valence-electron chi connectivity index (χ3n) is 5.04. The van der Waals surface area contributed by atoms with E-state index in [0.29, 0.717) is 5.82 Å². The number of carbonyl (C=O) groups is 2. The van der Waals surface area contributed by atoms with Gasteiger partial charge in [-0.25, -0.2) is 9.37 Å². The number of benzene rings is 1. The van der Waals surface area contributed by atoms with Gasteiger partial charge in [0.1, 0.15) is 17.7 Å². The lowest BCUT2D eigenvalue weighted by Gasteiger charge is -2.27. The molecule has 2 aromatic rings. The standard InChI is InChI=1S/C22H30FN5O2/c1-4-28(5-2)15(3)21(29)27-19(12-16-6-9-18(23)10-7-16)22(30)26-14-17-8-11-20(24)25-13-17/h6-11,13,15,19H,4-5,12,14H2,1-3H3,(H2,24,25)(H,26,30)(H,27,29)/t15?,19-/m0/s1. The Morgan fingerprint density at radius 3 is 2.27 bits per heavy atom. The van der Waals surface area contributed by atoms with Gasteiger partial charge in [-0.1, -0.05) is 32.0 Å². The lowest BCUT2D eigenvalue weighted by atomic mass is 10.0. The second-order valence-electron chi connectivity index (χ2n) is 7.10. The molecule has 30 heavy (non-hydrogen) atoms. The molecule has 0 aliphatic rings. The van der Waals surface area contributed by atoms with Gasteiger partial charge in [0.15, 0.2) is 0 Å². The molecular weight excluding hydrogens is 385 g/mol. The quantitative estimate of drug-likeness (QED) is 0.550. The zero-order valence-corrected chi connectivity index (χ0v) is 17.7. The molecule has 2 rings (SSSR count). The van der Waals surface area contributed by atoms with E-state index in [0.717, 1.165) is 24.2 Å². The van der Waals surface area contributed by atoms with Crippen LogP contribution in [-0.2, 0) is 22.6 Å².